The first-order valence-electron chi connectivity index (χ1n) is 10.3. The van der Waals surface area contributed by atoms with Crippen molar-refractivity contribution in [3.8, 4) is 0 Å². The average molecular weight is 379 g/mol. The molecule has 0 spiro atoms. The van der Waals surface area contributed by atoms with Crippen molar-refractivity contribution in [1.82, 2.24) is 24.5 Å². The van der Waals surface area contributed by atoms with Gasteiger partial charge in [-0.1, -0.05) is 6.92 Å². The molecule has 0 bridgehead atoms. The van der Waals surface area contributed by atoms with Gasteiger partial charge in [-0.2, -0.15) is 5.10 Å². The molecule has 0 unspecified atom stereocenters. The molecule has 8 nitrogen and oxygen atoms in total. The van der Waals surface area contributed by atoms with Gasteiger partial charge in [-0.25, -0.2) is 9.48 Å². The van der Waals surface area contributed by atoms with Crippen molar-refractivity contribution in [3.63, 3.8) is 0 Å². The van der Waals surface area contributed by atoms with Crippen LogP contribution in [0.15, 0.2) is 6.07 Å². The fourth-order valence-corrected chi connectivity index (χ4v) is 4.14. The molecule has 0 aliphatic carbocycles. The van der Waals surface area contributed by atoms with Crippen LogP contribution >= 0.6 is 0 Å². The summed E-state index contributed by atoms with van der Waals surface area (Å²) in [6, 6.07) is 2.49. The number of β-amino-alcohol motifs (C(OH)–C–C–N with tert-alkyl or cyclic N) is 1. The average Bonchev–Trinajstić information content (AvgIpc) is 3.02. The molecule has 2 aliphatic heterocycles. The SMILES string of the molecule is CCCn1nc(C)cc1NC(=O)N1CCC(N2CCN(CCO)CC2)CC1. The molecule has 0 aromatic carbocycles. The quantitative estimate of drug-likeness (QED) is 0.778. The van der Waals surface area contributed by atoms with E-state index < -0.39 is 0 Å². The number of aliphatic hydroxyl groups is 1. The lowest BCUT2D eigenvalue weighted by molar-refractivity contribution is 0.0598. The minimum absolute atomic E-state index is 0.0153. The van der Waals surface area contributed by atoms with Crippen molar-refractivity contribution >= 4 is 11.8 Å². The Balaban J connectivity index is 1.46. The van der Waals surface area contributed by atoms with Gasteiger partial charge in [0.2, 0.25) is 0 Å². The smallest absolute Gasteiger partial charge is 0.323 e. The van der Waals surface area contributed by atoms with E-state index in [0.717, 1.165) is 83.1 Å². The summed E-state index contributed by atoms with van der Waals surface area (Å²) < 4.78 is 1.88. The molecule has 1 aromatic heterocycles. The van der Waals surface area contributed by atoms with Gasteiger partial charge in [0, 0.05) is 64.5 Å². The molecule has 0 atom stereocenters. The van der Waals surface area contributed by atoms with Gasteiger partial charge in [-0.15, -0.1) is 0 Å². The van der Waals surface area contributed by atoms with Gasteiger partial charge in [0.05, 0.1) is 12.3 Å². The number of aryl methyl sites for hydroxylation is 2. The number of amides is 2. The molecule has 2 aliphatic rings. The lowest BCUT2D eigenvalue weighted by Gasteiger charge is -2.42. The minimum atomic E-state index is -0.0153. The number of hydrogen-bond donors (Lipinski definition) is 2. The lowest BCUT2D eigenvalue weighted by atomic mass is 10.0. The van der Waals surface area contributed by atoms with Crippen LogP contribution in [0.5, 0.6) is 0 Å². The zero-order valence-corrected chi connectivity index (χ0v) is 16.7. The van der Waals surface area contributed by atoms with Gasteiger partial charge in [-0.3, -0.25) is 15.1 Å². The molecule has 2 fully saturated rings. The van der Waals surface area contributed by atoms with Crippen LogP contribution in [0.2, 0.25) is 0 Å². The van der Waals surface area contributed by atoms with Gasteiger partial charge in [0.1, 0.15) is 5.82 Å². The number of hydrogen-bond acceptors (Lipinski definition) is 5. The summed E-state index contributed by atoms with van der Waals surface area (Å²) >= 11 is 0. The standard InChI is InChI=1S/C19H34N6O2/c1-3-6-25-18(15-16(2)21-25)20-19(27)24-7-4-17(5-8-24)23-11-9-22(10-12-23)13-14-26/h15,17,26H,3-14H2,1-2H3,(H,20,27). The van der Waals surface area contributed by atoms with Gasteiger partial charge in [0.25, 0.3) is 0 Å². The molecule has 0 radical (unpaired) electrons. The predicted octanol–water partition coefficient (Wildman–Crippen LogP) is 1.21. The highest BCUT2D eigenvalue weighted by Gasteiger charge is 2.29. The van der Waals surface area contributed by atoms with Crippen LogP contribution in [0.25, 0.3) is 0 Å². The van der Waals surface area contributed by atoms with Gasteiger partial charge >= 0.3 is 6.03 Å². The number of rotatable bonds is 6. The number of anilines is 1. The highest BCUT2D eigenvalue weighted by molar-refractivity contribution is 5.88. The number of nitrogens with one attached hydrogen (secondary N) is 1. The molecule has 27 heavy (non-hydrogen) atoms. The highest BCUT2D eigenvalue weighted by Crippen LogP contribution is 2.20. The van der Waals surface area contributed by atoms with Crippen LogP contribution in [0, 0.1) is 6.92 Å². The molecule has 1 aromatic rings. The maximum absolute atomic E-state index is 12.7. The molecule has 2 N–H and O–H groups in total. The molecule has 3 rings (SSSR count). The Morgan fingerprint density at radius 2 is 1.89 bits per heavy atom. The summed E-state index contributed by atoms with van der Waals surface area (Å²) in [7, 11) is 0. The van der Waals surface area contributed by atoms with Crippen molar-refractivity contribution in [1.29, 1.82) is 0 Å². The van der Waals surface area contributed by atoms with Crippen molar-refractivity contribution < 1.29 is 9.90 Å². The summed E-state index contributed by atoms with van der Waals surface area (Å²) in [5, 5.41) is 16.6. The molecular formula is C19H34N6O2. The number of carbonyl (C=O) groups excluding carboxylic acids is 1. The van der Waals surface area contributed by atoms with Gasteiger partial charge < -0.3 is 10.0 Å². The Hall–Kier alpha value is -1.64. The van der Waals surface area contributed by atoms with Crippen molar-refractivity contribution in [2.45, 2.75) is 45.7 Å². The molecule has 0 saturated carbocycles. The molecule has 3 heterocycles. The van der Waals surface area contributed by atoms with E-state index in [9.17, 15) is 4.79 Å². The third-order valence-corrected chi connectivity index (χ3v) is 5.66. The summed E-state index contributed by atoms with van der Waals surface area (Å²) in [5.41, 5.74) is 0.929. The zero-order valence-electron chi connectivity index (χ0n) is 16.7. The van der Waals surface area contributed by atoms with Crippen LogP contribution in [0.4, 0.5) is 10.6 Å². The Morgan fingerprint density at radius 1 is 1.19 bits per heavy atom. The van der Waals surface area contributed by atoms with E-state index in [1.54, 1.807) is 0 Å². The van der Waals surface area contributed by atoms with Gasteiger partial charge in [-0.05, 0) is 26.2 Å². The Labute approximate surface area is 162 Å². The van der Waals surface area contributed by atoms with E-state index in [-0.39, 0.29) is 12.6 Å². The molecule has 152 valence electrons. The third-order valence-electron chi connectivity index (χ3n) is 5.66. The highest BCUT2D eigenvalue weighted by atomic mass is 16.3. The number of piperazine rings is 1. The Morgan fingerprint density at radius 3 is 2.52 bits per heavy atom. The third kappa shape index (κ3) is 5.21. The second-order valence-electron chi connectivity index (χ2n) is 7.64. The Kier molecular flexibility index (Phi) is 7.09. The summed E-state index contributed by atoms with van der Waals surface area (Å²) in [6.07, 6.45) is 3.04. The van der Waals surface area contributed by atoms with E-state index in [0.29, 0.717) is 6.04 Å². The molecule has 2 saturated heterocycles. The van der Waals surface area contributed by atoms with Crippen molar-refractivity contribution in [2.75, 3.05) is 57.7 Å². The van der Waals surface area contributed by atoms with E-state index in [1.807, 2.05) is 22.6 Å². The minimum Gasteiger partial charge on any atom is -0.395 e. The molecule has 2 amide bonds. The maximum atomic E-state index is 12.7. The van der Waals surface area contributed by atoms with Crippen LogP contribution in [-0.2, 0) is 6.54 Å². The first kappa shape index (κ1) is 20.1. The van der Waals surface area contributed by atoms with Crippen molar-refractivity contribution in [2.24, 2.45) is 0 Å². The first-order chi connectivity index (χ1) is 13.1. The van der Waals surface area contributed by atoms with Crippen LogP contribution in [-0.4, -0.2) is 94.1 Å². The number of likely N-dealkylation sites (tertiary alicyclic amines) is 1. The number of aromatic nitrogens is 2. The van der Waals surface area contributed by atoms with Gasteiger partial charge in [0.15, 0.2) is 0 Å². The zero-order chi connectivity index (χ0) is 19.2. The predicted molar refractivity (Wildman–Crippen MR) is 106 cm³/mol. The number of nitrogens with zero attached hydrogens (tertiary/aromatic N) is 5. The Bertz CT molecular complexity index is 603. The topological polar surface area (TPSA) is 76.9 Å². The van der Waals surface area contributed by atoms with Crippen molar-refractivity contribution in [3.05, 3.63) is 11.8 Å². The summed E-state index contributed by atoms with van der Waals surface area (Å²) in [6.45, 7) is 11.7. The number of urea groups is 1. The molecule has 8 heteroatoms. The fourth-order valence-electron chi connectivity index (χ4n) is 4.14. The number of aliphatic hydroxyl groups excluding tert-OH is 1. The first-order valence-corrected chi connectivity index (χ1v) is 10.3. The van der Waals surface area contributed by atoms with Crippen LogP contribution in [0.3, 0.4) is 0 Å². The normalized spacial score (nSPS) is 20.2. The second kappa shape index (κ2) is 9.52. The monoisotopic (exact) mass is 378 g/mol. The van der Waals surface area contributed by atoms with E-state index >= 15 is 0 Å². The van der Waals surface area contributed by atoms with Crippen LogP contribution < -0.4 is 5.32 Å². The summed E-state index contributed by atoms with van der Waals surface area (Å²) in [5.74, 6) is 0.793. The largest absolute Gasteiger partial charge is 0.395 e. The van der Waals surface area contributed by atoms with Crippen LogP contribution in [0.1, 0.15) is 31.9 Å². The van der Waals surface area contributed by atoms with E-state index in [2.05, 4.69) is 27.1 Å². The van der Waals surface area contributed by atoms with E-state index in [4.69, 9.17) is 5.11 Å². The van der Waals surface area contributed by atoms with E-state index in [1.165, 1.54) is 0 Å². The lowest BCUT2D eigenvalue weighted by Crippen LogP contribution is -2.54. The number of carbonyl (C=O) groups is 1. The second-order valence-corrected chi connectivity index (χ2v) is 7.64. The maximum Gasteiger partial charge on any atom is 0.323 e. The molecular weight excluding hydrogens is 344 g/mol. The summed E-state index contributed by atoms with van der Waals surface area (Å²) in [4.78, 5) is 19.5. The fraction of sp³-hybridized carbons (Fsp3) is 0.789. The number of piperidine rings is 1.